The molecule has 0 heteroatoms. The molecule has 0 heterocycles. The van der Waals surface area contributed by atoms with E-state index in [1.165, 1.54) is 11.1 Å². The molecule has 0 aliphatic carbocycles. The van der Waals surface area contributed by atoms with Crippen molar-refractivity contribution in [1.82, 2.24) is 0 Å². The quantitative estimate of drug-likeness (QED) is 0.614. The highest BCUT2D eigenvalue weighted by atomic mass is 14.2. The van der Waals surface area contributed by atoms with Crippen LogP contribution in [0.3, 0.4) is 0 Å². The first-order chi connectivity index (χ1) is 6.56. The van der Waals surface area contributed by atoms with Gasteiger partial charge in [0.05, 0.1) is 0 Å². The Morgan fingerprint density at radius 3 is 2.36 bits per heavy atom. The van der Waals surface area contributed by atoms with Crippen molar-refractivity contribution in [3.05, 3.63) is 41.5 Å². The van der Waals surface area contributed by atoms with Crippen LogP contribution >= 0.6 is 0 Å². The Balaban J connectivity index is 2.97. The van der Waals surface area contributed by atoms with Crippen LogP contribution in [0.2, 0.25) is 0 Å². The number of benzene rings is 1. The maximum atomic E-state index is 5.47. The van der Waals surface area contributed by atoms with Crippen molar-refractivity contribution >= 4 is 6.08 Å². The minimum atomic E-state index is -0.157. The van der Waals surface area contributed by atoms with Gasteiger partial charge in [-0.25, -0.2) is 0 Å². The summed E-state index contributed by atoms with van der Waals surface area (Å²) < 4.78 is 0. The molecule has 0 aliphatic rings. The zero-order valence-electron chi connectivity index (χ0n) is 9.04. The molecule has 0 fully saturated rings. The van der Waals surface area contributed by atoms with E-state index in [0.29, 0.717) is 0 Å². The SMILES string of the molecule is C#CC(C)(C)/C(C)=C/c1ccccc1. The van der Waals surface area contributed by atoms with Crippen LogP contribution in [0.4, 0.5) is 0 Å². The monoisotopic (exact) mass is 184 g/mol. The van der Waals surface area contributed by atoms with Crippen molar-refractivity contribution in [1.29, 1.82) is 0 Å². The van der Waals surface area contributed by atoms with Gasteiger partial charge in [0.25, 0.3) is 0 Å². The van der Waals surface area contributed by atoms with Crippen LogP contribution in [0.15, 0.2) is 35.9 Å². The Kier molecular flexibility index (Phi) is 3.14. The summed E-state index contributed by atoms with van der Waals surface area (Å²) in [6.45, 7) is 6.19. The molecule has 1 aromatic carbocycles. The molecule has 0 unspecified atom stereocenters. The van der Waals surface area contributed by atoms with E-state index in [1.807, 2.05) is 18.2 Å². The highest BCUT2D eigenvalue weighted by Gasteiger charge is 2.15. The van der Waals surface area contributed by atoms with E-state index in [1.54, 1.807) is 0 Å². The lowest BCUT2D eigenvalue weighted by Gasteiger charge is -2.18. The van der Waals surface area contributed by atoms with Crippen LogP contribution in [0, 0.1) is 17.8 Å². The predicted molar refractivity (Wildman–Crippen MR) is 62.7 cm³/mol. The maximum absolute atomic E-state index is 5.47. The summed E-state index contributed by atoms with van der Waals surface area (Å²) >= 11 is 0. The summed E-state index contributed by atoms with van der Waals surface area (Å²) in [5.41, 5.74) is 2.26. The minimum Gasteiger partial charge on any atom is -0.119 e. The van der Waals surface area contributed by atoms with Gasteiger partial charge in [-0.3, -0.25) is 0 Å². The van der Waals surface area contributed by atoms with Crippen molar-refractivity contribution in [2.24, 2.45) is 5.41 Å². The van der Waals surface area contributed by atoms with Crippen LogP contribution in [0.25, 0.3) is 6.08 Å². The molecule has 0 saturated heterocycles. The van der Waals surface area contributed by atoms with Gasteiger partial charge in [0.2, 0.25) is 0 Å². The number of terminal acetylenes is 1. The number of allylic oxidation sites excluding steroid dienone is 1. The summed E-state index contributed by atoms with van der Waals surface area (Å²) in [5, 5.41) is 0. The van der Waals surface area contributed by atoms with E-state index >= 15 is 0 Å². The third-order valence-electron chi connectivity index (χ3n) is 2.53. The fourth-order valence-corrected chi connectivity index (χ4v) is 1.09. The smallest absolute Gasteiger partial charge is 0.0464 e. The third kappa shape index (κ3) is 2.50. The molecule has 1 rings (SSSR count). The van der Waals surface area contributed by atoms with Crippen molar-refractivity contribution in [3.8, 4) is 12.3 Å². The van der Waals surface area contributed by atoms with E-state index in [0.717, 1.165) is 0 Å². The molecule has 0 aromatic heterocycles. The first kappa shape index (κ1) is 10.6. The molecule has 72 valence electrons. The average molecular weight is 184 g/mol. The molecule has 0 atom stereocenters. The summed E-state index contributed by atoms with van der Waals surface area (Å²) in [4.78, 5) is 0. The van der Waals surface area contributed by atoms with E-state index in [9.17, 15) is 0 Å². The maximum Gasteiger partial charge on any atom is 0.0464 e. The Bertz CT molecular complexity index is 361. The highest BCUT2D eigenvalue weighted by molar-refractivity contribution is 5.54. The molecule has 0 N–H and O–H groups in total. The Labute approximate surface area is 86.7 Å². The van der Waals surface area contributed by atoms with Gasteiger partial charge in [-0.15, -0.1) is 6.42 Å². The Morgan fingerprint density at radius 1 is 1.29 bits per heavy atom. The number of hydrogen-bond acceptors (Lipinski definition) is 0. The zero-order valence-corrected chi connectivity index (χ0v) is 9.04. The molecule has 0 saturated carbocycles. The normalized spacial score (nSPS) is 12.3. The van der Waals surface area contributed by atoms with E-state index < -0.39 is 0 Å². The van der Waals surface area contributed by atoms with Gasteiger partial charge < -0.3 is 0 Å². The molecular formula is C14H16. The average Bonchev–Trinajstić information content (AvgIpc) is 2.19. The second kappa shape index (κ2) is 4.15. The van der Waals surface area contributed by atoms with Crippen molar-refractivity contribution in [2.45, 2.75) is 20.8 Å². The van der Waals surface area contributed by atoms with Gasteiger partial charge in [0, 0.05) is 5.41 Å². The van der Waals surface area contributed by atoms with Crippen molar-refractivity contribution in [2.75, 3.05) is 0 Å². The Morgan fingerprint density at radius 2 is 1.86 bits per heavy atom. The summed E-state index contributed by atoms with van der Waals surface area (Å²) in [6, 6.07) is 10.2. The Hall–Kier alpha value is -1.48. The third-order valence-corrected chi connectivity index (χ3v) is 2.53. The highest BCUT2D eigenvalue weighted by Crippen LogP contribution is 2.26. The van der Waals surface area contributed by atoms with Crippen LogP contribution in [0.1, 0.15) is 26.3 Å². The van der Waals surface area contributed by atoms with Gasteiger partial charge in [-0.05, 0) is 26.3 Å². The van der Waals surface area contributed by atoms with Gasteiger partial charge in [-0.1, -0.05) is 47.9 Å². The second-order valence-corrected chi connectivity index (χ2v) is 4.01. The molecule has 0 bridgehead atoms. The fraction of sp³-hybridized carbons (Fsp3) is 0.286. The molecule has 14 heavy (non-hydrogen) atoms. The van der Waals surface area contributed by atoms with E-state index in [-0.39, 0.29) is 5.41 Å². The number of hydrogen-bond donors (Lipinski definition) is 0. The van der Waals surface area contributed by atoms with Crippen LogP contribution in [-0.2, 0) is 0 Å². The molecule has 0 amide bonds. The topological polar surface area (TPSA) is 0 Å². The van der Waals surface area contributed by atoms with Crippen molar-refractivity contribution in [3.63, 3.8) is 0 Å². The van der Waals surface area contributed by atoms with Gasteiger partial charge in [0.15, 0.2) is 0 Å². The molecule has 0 nitrogen and oxygen atoms in total. The van der Waals surface area contributed by atoms with E-state index in [4.69, 9.17) is 6.42 Å². The molecule has 0 radical (unpaired) electrons. The number of rotatable bonds is 2. The minimum absolute atomic E-state index is 0.157. The molecule has 0 spiro atoms. The molecular weight excluding hydrogens is 168 g/mol. The molecule has 0 aliphatic heterocycles. The first-order valence-electron chi connectivity index (χ1n) is 4.78. The summed E-state index contributed by atoms with van der Waals surface area (Å²) in [7, 11) is 0. The standard InChI is InChI=1S/C14H16/c1-5-14(3,4)12(2)11-13-9-7-6-8-10-13/h1,6-11H,2-4H3/b12-11+. The predicted octanol–water partition coefficient (Wildman–Crippen LogP) is 3.75. The lowest BCUT2D eigenvalue weighted by atomic mass is 9.85. The molecule has 1 aromatic rings. The van der Waals surface area contributed by atoms with Gasteiger partial charge in [-0.2, -0.15) is 0 Å². The van der Waals surface area contributed by atoms with Gasteiger partial charge in [0.1, 0.15) is 0 Å². The lowest BCUT2D eigenvalue weighted by molar-refractivity contribution is 0.612. The fourth-order valence-electron chi connectivity index (χ4n) is 1.09. The van der Waals surface area contributed by atoms with E-state index in [2.05, 4.69) is 44.9 Å². The summed E-state index contributed by atoms with van der Waals surface area (Å²) in [6.07, 6.45) is 7.61. The zero-order chi connectivity index (χ0) is 10.6. The van der Waals surface area contributed by atoms with Crippen LogP contribution in [0.5, 0.6) is 0 Å². The van der Waals surface area contributed by atoms with Crippen LogP contribution in [-0.4, -0.2) is 0 Å². The first-order valence-corrected chi connectivity index (χ1v) is 4.78. The second-order valence-electron chi connectivity index (χ2n) is 4.01. The largest absolute Gasteiger partial charge is 0.119 e. The van der Waals surface area contributed by atoms with Crippen molar-refractivity contribution < 1.29 is 0 Å². The van der Waals surface area contributed by atoms with Gasteiger partial charge >= 0.3 is 0 Å². The summed E-state index contributed by atoms with van der Waals surface area (Å²) in [5.74, 6) is 2.79. The lowest BCUT2D eigenvalue weighted by Crippen LogP contribution is -2.08. The van der Waals surface area contributed by atoms with Crippen LogP contribution < -0.4 is 0 Å².